The first kappa shape index (κ1) is 27.7. The van der Waals surface area contributed by atoms with Crippen LogP contribution in [-0.4, -0.2) is 70.2 Å². The van der Waals surface area contributed by atoms with Gasteiger partial charge in [-0.1, -0.05) is 12.0 Å². The predicted molar refractivity (Wildman–Crippen MR) is 144 cm³/mol. The van der Waals surface area contributed by atoms with E-state index in [9.17, 15) is 21.6 Å². The number of nitrogens with one attached hydrogen (secondary N) is 2. The molecule has 3 aromatic rings. The number of aromatic nitrogens is 1. The Labute approximate surface area is 220 Å². The van der Waals surface area contributed by atoms with Crippen molar-refractivity contribution in [3.63, 3.8) is 0 Å². The van der Waals surface area contributed by atoms with E-state index < -0.39 is 22.6 Å². The SMILES string of the molecule is COc1cc(S(C)(=O)=O)ccc1NCC#Cc1cc2c(NC3CCN(C)CC3)cccc2n1CC(F)(F)F. The molecule has 7 nitrogen and oxygen atoms in total. The van der Waals surface area contributed by atoms with Gasteiger partial charge in [-0.15, -0.1) is 0 Å². The predicted octanol–water partition coefficient (Wildman–Crippen LogP) is 4.59. The summed E-state index contributed by atoms with van der Waals surface area (Å²) in [7, 11) is 0.100. The van der Waals surface area contributed by atoms with Gasteiger partial charge in [-0.05, 0) is 69.2 Å². The molecule has 0 amide bonds. The lowest BCUT2D eigenvalue weighted by Gasteiger charge is -2.30. The number of rotatable bonds is 7. The summed E-state index contributed by atoms with van der Waals surface area (Å²) in [5.74, 6) is 6.10. The van der Waals surface area contributed by atoms with E-state index in [4.69, 9.17) is 4.74 Å². The van der Waals surface area contributed by atoms with Crippen LogP contribution in [-0.2, 0) is 16.4 Å². The van der Waals surface area contributed by atoms with Gasteiger partial charge in [0, 0.05) is 29.4 Å². The highest BCUT2D eigenvalue weighted by molar-refractivity contribution is 7.90. The zero-order chi connectivity index (χ0) is 27.5. The molecule has 0 aliphatic carbocycles. The van der Waals surface area contributed by atoms with E-state index in [2.05, 4.69) is 34.4 Å². The standard InChI is InChI=1S/C27H31F3N4O3S/c1-33-14-11-19(12-15-33)32-23-7-4-8-25-22(23)16-20(34(25)18-27(28,29)30)6-5-13-31-24-10-9-21(38(3,35)36)17-26(24)37-2/h4,7-10,16-17,19,31-32H,11-15,18H2,1-3H3. The number of anilines is 2. The molecule has 1 fully saturated rings. The molecule has 11 heteroatoms. The molecule has 38 heavy (non-hydrogen) atoms. The summed E-state index contributed by atoms with van der Waals surface area (Å²) in [6.07, 6.45) is -1.38. The zero-order valence-corrected chi connectivity index (χ0v) is 22.3. The van der Waals surface area contributed by atoms with Crippen molar-refractivity contribution in [2.24, 2.45) is 0 Å². The van der Waals surface area contributed by atoms with Crippen LogP contribution in [0.4, 0.5) is 24.5 Å². The number of nitrogens with zero attached hydrogens (tertiary/aromatic N) is 2. The Kier molecular flexibility index (Phi) is 8.13. The number of hydrogen-bond acceptors (Lipinski definition) is 6. The van der Waals surface area contributed by atoms with E-state index in [1.807, 2.05) is 6.07 Å². The highest BCUT2D eigenvalue weighted by Crippen LogP contribution is 2.31. The van der Waals surface area contributed by atoms with Gasteiger partial charge in [0.1, 0.15) is 12.3 Å². The van der Waals surface area contributed by atoms with Crippen LogP contribution in [0.2, 0.25) is 0 Å². The van der Waals surface area contributed by atoms with Crippen molar-refractivity contribution in [3.05, 3.63) is 48.2 Å². The Hall–Kier alpha value is -3.36. The van der Waals surface area contributed by atoms with Crippen LogP contribution in [0.3, 0.4) is 0 Å². The molecule has 0 saturated carbocycles. The number of ether oxygens (including phenoxy) is 1. The number of piperidine rings is 1. The highest BCUT2D eigenvalue weighted by Gasteiger charge is 2.30. The largest absolute Gasteiger partial charge is 0.495 e. The molecular formula is C27H31F3N4O3S. The van der Waals surface area contributed by atoms with Gasteiger partial charge in [-0.3, -0.25) is 0 Å². The normalized spacial score (nSPS) is 15.2. The lowest BCUT2D eigenvalue weighted by Crippen LogP contribution is -2.36. The molecule has 204 valence electrons. The Morgan fingerprint density at radius 2 is 1.84 bits per heavy atom. The smallest absolute Gasteiger partial charge is 0.406 e. The first-order chi connectivity index (χ1) is 17.9. The van der Waals surface area contributed by atoms with E-state index in [1.165, 1.54) is 23.8 Å². The van der Waals surface area contributed by atoms with E-state index in [1.54, 1.807) is 24.3 Å². The van der Waals surface area contributed by atoms with Gasteiger partial charge in [0.05, 0.1) is 35.4 Å². The first-order valence-corrected chi connectivity index (χ1v) is 14.1. The minimum atomic E-state index is -4.41. The molecule has 0 atom stereocenters. The van der Waals surface area contributed by atoms with E-state index in [0.29, 0.717) is 22.3 Å². The van der Waals surface area contributed by atoms with Crippen molar-refractivity contribution in [3.8, 4) is 17.6 Å². The molecule has 1 aliphatic heterocycles. The second-order valence-corrected chi connectivity index (χ2v) is 11.5. The third-order valence-corrected chi connectivity index (χ3v) is 7.66. The van der Waals surface area contributed by atoms with Gasteiger partial charge in [0.25, 0.3) is 0 Å². The molecule has 0 spiro atoms. The van der Waals surface area contributed by atoms with Gasteiger partial charge in [0.15, 0.2) is 9.84 Å². The minimum Gasteiger partial charge on any atom is -0.495 e. The third-order valence-electron chi connectivity index (χ3n) is 6.55. The number of sulfone groups is 1. The summed E-state index contributed by atoms with van der Waals surface area (Å²) in [4.78, 5) is 2.38. The maximum Gasteiger partial charge on any atom is 0.406 e. The summed E-state index contributed by atoms with van der Waals surface area (Å²) in [6.45, 7) is 0.900. The van der Waals surface area contributed by atoms with Crippen LogP contribution in [0, 0.1) is 11.8 Å². The van der Waals surface area contributed by atoms with E-state index >= 15 is 0 Å². The lowest BCUT2D eigenvalue weighted by atomic mass is 10.0. The van der Waals surface area contributed by atoms with Crippen LogP contribution in [0.1, 0.15) is 18.5 Å². The summed E-state index contributed by atoms with van der Waals surface area (Å²) in [5, 5.41) is 7.27. The van der Waals surface area contributed by atoms with Crippen LogP contribution >= 0.6 is 0 Å². The number of fused-ring (bicyclic) bond motifs is 1. The monoisotopic (exact) mass is 548 g/mol. The molecule has 4 rings (SSSR count). The molecule has 0 unspecified atom stereocenters. The van der Waals surface area contributed by atoms with Crippen LogP contribution < -0.4 is 15.4 Å². The van der Waals surface area contributed by atoms with Gasteiger partial charge in [-0.2, -0.15) is 13.2 Å². The van der Waals surface area contributed by atoms with Crippen molar-refractivity contribution < 1.29 is 26.3 Å². The second kappa shape index (κ2) is 11.2. The molecule has 1 aliphatic rings. The molecule has 2 aromatic carbocycles. The van der Waals surface area contributed by atoms with Crippen LogP contribution in [0.5, 0.6) is 5.75 Å². The van der Waals surface area contributed by atoms with Crippen LogP contribution in [0.15, 0.2) is 47.4 Å². The molecule has 1 saturated heterocycles. The maximum atomic E-state index is 13.5. The number of benzene rings is 2. The topological polar surface area (TPSA) is 75.6 Å². The molecule has 2 heterocycles. The molecular weight excluding hydrogens is 517 g/mol. The fraction of sp³-hybridized carbons (Fsp3) is 0.407. The first-order valence-electron chi connectivity index (χ1n) is 12.2. The van der Waals surface area contributed by atoms with Crippen molar-refractivity contribution in [2.45, 2.75) is 36.5 Å². The highest BCUT2D eigenvalue weighted by atomic mass is 32.2. The average molecular weight is 549 g/mol. The Bertz CT molecular complexity index is 1460. The number of halogens is 3. The number of alkyl halides is 3. The molecule has 1 aromatic heterocycles. The Morgan fingerprint density at radius 3 is 2.50 bits per heavy atom. The van der Waals surface area contributed by atoms with Crippen molar-refractivity contribution in [2.75, 3.05) is 50.7 Å². The van der Waals surface area contributed by atoms with E-state index in [0.717, 1.165) is 37.9 Å². The van der Waals surface area contributed by atoms with Gasteiger partial charge >= 0.3 is 6.18 Å². The summed E-state index contributed by atoms with van der Waals surface area (Å²) in [6, 6.07) is 11.7. The second-order valence-electron chi connectivity index (χ2n) is 9.48. The summed E-state index contributed by atoms with van der Waals surface area (Å²) >= 11 is 0. The number of hydrogen-bond donors (Lipinski definition) is 2. The van der Waals surface area contributed by atoms with Gasteiger partial charge in [0.2, 0.25) is 0 Å². The van der Waals surface area contributed by atoms with Crippen molar-refractivity contribution in [1.29, 1.82) is 0 Å². The lowest BCUT2D eigenvalue weighted by molar-refractivity contribution is -0.140. The summed E-state index contributed by atoms with van der Waals surface area (Å²) < 4.78 is 70.5. The average Bonchev–Trinajstić information content (AvgIpc) is 3.19. The van der Waals surface area contributed by atoms with Crippen molar-refractivity contribution >= 4 is 32.1 Å². The van der Waals surface area contributed by atoms with Gasteiger partial charge in [-0.25, -0.2) is 8.42 Å². The minimum absolute atomic E-state index is 0.114. The van der Waals surface area contributed by atoms with Crippen molar-refractivity contribution in [1.82, 2.24) is 9.47 Å². The fourth-order valence-corrected chi connectivity index (χ4v) is 5.20. The fourth-order valence-electron chi connectivity index (χ4n) is 4.56. The van der Waals surface area contributed by atoms with Gasteiger partial charge < -0.3 is 24.8 Å². The quantitative estimate of drug-likeness (QED) is 0.421. The Morgan fingerprint density at radius 1 is 1.11 bits per heavy atom. The van der Waals surface area contributed by atoms with Crippen LogP contribution in [0.25, 0.3) is 10.9 Å². The molecule has 0 bridgehead atoms. The zero-order valence-electron chi connectivity index (χ0n) is 21.5. The number of likely N-dealkylation sites (tertiary alicyclic amines) is 1. The van der Waals surface area contributed by atoms with E-state index in [-0.39, 0.29) is 23.2 Å². The Balaban J connectivity index is 1.59. The molecule has 2 N–H and O–H groups in total. The maximum absolute atomic E-state index is 13.5. The third kappa shape index (κ3) is 6.74. The number of methoxy groups -OCH3 is 1. The molecule has 0 radical (unpaired) electrons. The summed E-state index contributed by atoms with van der Waals surface area (Å²) in [5.41, 5.74) is 2.05.